The molecule has 1 atom stereocenters. The molecule has 1 heterocycles. The minimum atomic E-state index is -0.765. The van der Waals surface area contributed by atoms with Crippen molar-refractivity contribution in [3.63, 3.8) is 0 Å². The summed E-state index contributed by atoms with van der Waals surface area (Å²) in [7, 11) is 0. The molecule has 0 aliphatic carbocycles. The molecule has 0 radical (unpaired) electrons. The second kappa shape index (κ2) is 4.82. The Hall–Kier alpha value is -1.10. The summed E-state index contributed by atoms with van der Waals surface area (Å²) in [5, 5.41) is 11.7. The van der Waals surface area contributed by atoms with Crippen molar-refractivity contribution in [2.75, 3.05) is 19.6 Å². The summed E-state index contributed by atoms with van der Waals surface area (Å²) >= 11 is 0. The van der Waals surface area contributed by atoms with E-state index < -0.39 is 5.97 Å². The van der Waals surface area contributed by atoms with E-state index in [4.69, 9.17) is 5.11 Å². The van der Waals surface area contributed by atoms with Gasteiger partial charge in [-0.25, -0.2) is 0 Å². The summed E-state index contributed by atoms with van der Waals surface area (Å²) in [6.07, 6.45) is 0.637. The minimum Gasteiger partial charge on any atom is -0.481 e. The third-order valence-electron chi connectivity index (χ3n) is 2.50. The number of hydrogen-bond donors (Lipinski definition) is 2. The number of carbonyl (C=O) groups excluding carboxylic acids is 1. The molecule has 1 amide bonds. The van der Waals surface area contributed by atoms with Gasteiger partial charge in [0.2, 0.25) is 5.91 Å². The SMILES string of the molecule is CC(C)(C)NC(=O)CN1CC[C@@H](C(=O)O)C1. The zero-order valence-electron chi connectivity index (χ0n) is 10.1. The second-order valence-electron chi connectivity index (χ2n) is 5.36. The molecule has 0 saturated carbocycles. The summed E-state index contributed by atoms with van der Waals surface area (Å²) in [6, 6.07) is 0. The van der Waals surface area contributed by atoms with Crippen molar-refractivity contribution in [1.29, 1.82) is 0 Å². The average molecular weight is 228 g/mol. The first kappa shape index (κ1) is 13.0. The smallest absolute Gasteiger partial charge is 0.307 e. The lowest BCUT2D eigenvalue weighted by Gasteiger charge is -2.23. The Labute approximate surface area is 95.8 Å². The Morgan fingerprint density at radius 3 is 2.50 bits per heavy atom. The topological polar surface area (TPSA) is 69.6 Å². The lowest BCUT2D eigenvalue weighted by Crippen LogP contribution is -2.45. The van der Waals surface area contributed by atoms with Crippen LogP contribution in [-0.2, 0) is 9.59 Å². The minimum absolute atomic E-state index is 0.0430. The number of carboxylic acid groups (broad SMARTS) is 1. The molecule has 2 N–H and O–H groups in total. The van der Waals surface area contributed by atoms with E-state index in [1.165, 1.54) is 0 Å². The maximum atomic E-state index is 11.6. The Morgan fingerprint density at radius 2 is 2.06 bits per heavy atom. The molecule has 16 heavy (non-hydrogen) atoms. The first-order valence-corrected chi connectivity index (χ1v) is 5.54. The Morgan fingerprint density at radius 1 is 1.44 bits per heavy atom. The average Bonchev–Trinajstić information content (AvgIpc) is 2.48. The highest BCUT2D eigenvalue weighted by Gasteiger charge is 2.29. The van der Waals surface area contributed by atoms with Crippen molar-refractivity contribution in [2.24, 2.45) is 5.92 Å². The van der Waals surface area contributed by atoms with Crippen molar-refractivity contribution in [3.8, 4) is 0 Å². The molecule has 1 saturated heterocycles. The van der Waals surface area contributed by atoms with Crippen LogP contribution in [0.5, 0.6) is 0 Å². The maximum Gasteiger partial charge on any atom is 0.307 e. The van der Waals surface area contributed by atoms with Crippen molar-refractivity contribution in [3.05, 3.63) is 0 Å². The normalized spacial score (nSPS) is 22.1. The van der Waals surface area contributed by atoms with Crippen LogP contribution in [0.25, 0.3) is 0 Å². The highest BCUT2D eigenvalue weighted by molar-refractivity contribution is 5.79. The Bertz CT molecular complexity index is 283. The van der Waals surface area contributed by atoms with E-state index in [0.29, 0.717) is 26.1 Å². The summed E-state index contributed by atoms with van der Waals surface area (Å²) in [5.41, 5.74) is -0.233. The van der Waals surface area contributed by atoms with E-state index in [1.807, 2.05) is 25.7 Å². The first-order valence-electron chi connectivity index (χ1n) is 5.54. The fourth-order valence-electron chi connectivity index (χ4n) is 1.84. The van der Waals surface area contributed by atoms with Crippen molar-refractivity contribution in [1.82, 2.24) is 10.2 Å². The molecule has 0 aromatic heterocycles. The molecule has 1 rings (SSSR count). The first-order chi connectivity index (χ1) is 7.28. The number of likely N-dealkylation sites (tertiary alicyclic amines) is 1. The van der Waals surface area contributed by atoms with E-state index in [2.05, 4.69) is 5.32 Å². The van der Waals surface area contributed by atoms with Crippen LogP contribution in [0.1, 0.15) is 27.2 Å². The third-order valence-corrected chi connectivity index (χ3v) is 2.50. The van der Waals surface area contributed by atoms with Gasteiger partial charge in [-0.05, 0) is 33.7 Å². The summed E-state index contributed by atoms with van der Waals surface area (Å²) in [4.78, 5) is 24.2. The zero-order valence-corrected chi connectivity index (χ0v) is 10.1. The number of aliphatic carboxylic acids is 1. The van der Waals surface area contributed by atoms with Crippen LogP contribution in [0.15, 0.2) is 0 Å². The fraction of sp³-hybridized carbons (Fsp3) is 0.818. The molecule has 92 valence electrons. The number of amides is 1. The van der Waals surface area contributed by atoms with Crippen molar-refractivity contribution >= 4 is 11.9 Å². The van der Waals surface area contributed by atoms with Crippen molar-refractivity contribution < 1.29 is 14.7 Å². The molecular formula is C11H20N2O3. The van der Waals surface area contributed by atoms with Gasteiger partial charge in [0.1, 0.15) is 0 Å². The second-order valence-corrected chi connectivity index (χ2v) is 5.36. The number of rotatable bonds is 3. The van der Waals surface area contributed by atoms with E-state index in [1.54, 1.807) is 0 Å². The monoisotopic (exact) mass is 228 g/mol. The fourth-order valence-corrected chi connectivity index (χ4v) is 1.84. The van der Waals surface area contributed by atoms with Crippen LogP contribution < -0.4 is 5.32 Å². The van der Waals surface area contributed by atoms with Gasteiger partial charge in [0.15, 0.2) is 0 Å². The van der Waals surface area contributed by atoms with Crippen LogP contribution >= 0.6 is 0 Å². The van der Waals surface area contributed by atoms with Crippen LogP contribution in [0.4, 0.5) is 0 Å². The summed E-state index contributed by atoms with van der Waals surface area (Å²) in [6.45, 7) is 7.24. The largest absolute Gasteiger partial charge is 0.481 e. The number of hydrogen-bond acceptors (Lipinski definition) is 3. The third kappa shape index (κ3) is 4.18. The van der Waals surface area contributed by atoms with E-state index in [-0.39, 0.29) is 17.4 Å². The molecule has 1 fully saturated rings. The predicted molar refractivity (Wildman–Crippen MR) is 60.1 cm³/mol. The maximum absolute atomic E-state index is 11.6. The van der Waals surface area contributed by atoms with Gasteiger partial charge < -0.3 is 10.4 Å². The van der Waals surface area contributed by atoms with E-state index in [0.717, 1.165) is 0 Å². The lowest BCUT2D eigenvalue weighted by molar-refractivity contribution is -0.141. The van der Waals surface area contributed by atoms with Crippen LogP contribution in [0.2, 0.25) is 0 Å². The van der Waals surface area contributed by atoms with Crippen LogP contribution in [0, 0.1) is 5.92 Å². The van der Waals surface area contributed by atoms with Crippen LogP contribution in [-0.4, -0.2) is 47.1 Å². The van der Waals surface area contributed by atoms with Gasteiger partial charge in [0, 0.05) is 12.1 Å². The van der Waals surface area contributed by atoms with Gasteiger partial charge in [-0.2, -0.15) is 0 Å². The standard InChI is InChI=1S/C11H20N2O3/c1-11(2,3)12-9(14)7-13-5-4-8(6-13)10(15)16/h8H,4-7H2,1-3H3,(H,12,14)(H,15,16)/t8-/m1/s1. The summed E-state index contributed by atoms with van der Waals surface area (Å²) < 4.78 is 0. The van der Waals surface area contributed by atoms with Gasteiger partial charge >= 0.3 is 5.97 Å². The van der Waals surface area contributed by atoms with Gasteiger partial charge in [0.05, 0.1) is 12.5 Å². The van der Waals surface area contributed by atoms with Gasteiger partial charge in [-0.1, -0.05) is 0 Å². The van der Waals surface area contributed by atoms with Crippen LogP contribution in [0.3, 0.4) is 0 Å². The zero-order chi connectivity index (χ0) is 12.3. The quantitative estimate of drug-likeness (QED) is 0.729. The lowest BCUT2D eigenvalue weighted by atomic mass is 10.1. The number of carbonyl (C=O) groups is 2. The Balaban J connectivity index is 2.34. The molecule has 0 spiro atoms. The molecule has 0 aromatic carbocycles. The molecule has 5 nitrogen and oxygen atoms in total. The van der Waals surface area contributed by atoms with Crippen molar-refractivity contribution in [2.45, 2.75) is 32.7 Å². The molecule has 1 aliphatic heterocycles. The molecule has 0 aromatic rings. The highest BCUT2D eigenvalue weighted by atomic mass is 16.4. The molecular weight excluding hydrogens is 208 g/mol. The Kier molecular flexibility index (Phi) is 3.91. The van der Waals surface area contributed by atoms with E-state index in [9.17, 15) is 9.59 Å². The van der Waals surface area contributed by atoms with Gasteiger partial charge in [-0.15, -0.1) is 0 Å². The number of carboxylic acids is 1. The number of nitrogens with one attached hydrogen (secondary N) is 1. The van der Waals surface area contributed by atoms with E-state index >= 15 is 0 Å². The molecule has 0 bridgehead atoms. The van der Waals surface area contributed by atoms with Gasteiger partial charge in [-0.3, -0.25) is 14.5 Å². The molecule has 0 unspecified atom stereocenters. The van der Waals surface area contributed by atoms with Gasteiger partial charge in [0.25, 0.3) is 0 Å². The predicted octanol–water partition coefficient (Wildman–Crippen LogP) is 0.308. The highest BCUT2D eigenvalue weighted by Crippen LogP contribution is 2.15. The molecule has 5 heteroatoms. The molecule has 1 aliphatic rings. The number of nitrogens with zero attached hydrogens (tertiary/aromatic N) is 1. The summed E-state index contributed by atoms with van der Waals surface area (Å²) in [5.74, 6) is -1.13.